The zero-order valence-corrected chi connectivity index (χ0v) is 9.68. The highest BCUT2D eigenvalue weighted by Crippen LogP contribution is 2.41. The average molecular weight is 214 g/mol. The van der Waals surface area contributed by atoms with Gasteiger partial charge < -0.3 is 0 Å². The third-order valence-corrected chi connectivity index (χ3v) is 4.42. The second kappa shape index (κ2) is 3.57. The van der Waals surface area contributed by atoms with Crippen LogP contribution in [0.1, 0.15) is 24.8 Å². The van der Waals surface area contributed by atoms with Crippen LogP contribution in [-0.2, 0) is 0 Å². The molecule has 0 radical (unpaired) electrons. The van der Waals surface area contributed by atoms with Gasteiger partial charge in [-0.3, -0.25) is 0 Å². The van der Waals surface area contributed by atoms with Crippen LogP contribution in [0, 0.1) is 0 Å². The summed E-state index contributed by atoms with van der Waals surface area (Å²) >= 11 is 2.02. The number of benzene rings is 2. The lowest BCUT2D eigenvalue weighted by molar-refractivity contribution is 0.716. The molecule has 0 saturated heterocycles. The molecular formula is C14H14S. The van der Waals surface area contributed by atoms with Gasteiger partial charge in [-0.05, 0) is 34.4 Å². The van der Waals surface area contributed by atoms with Crippen LogP contribution in [0.15, 0.2) is 41.3 Å². The molecule has 1 heterocycles. The predicted octanol–water partition coefficient (Wildman–Crippen LogP) is 4.44. The van der Waals surface area contributed by atoms with Gasteiger partial charge in [-0.2, -0.15) is 0 Å². The first-order valence-electron chi connectivity index (χ1n) is 5.51. The highest BCUT2D eigenvalue weighted by atomic mass is 32.2. The molecule has 1 atom stereocenters. The third-order valence-electron chi connectivity index (χ3n) is 3.24. The van der Waals surface area contributed by atoms with Gasteiger partial charge in [0.25, 0.3) is 0 Å². The van der Waals surface area contributed by atoms with E-state index in [1.807, 2.05) is 11.8 Å². The summed E-state index contributed by atoms with van der Waals surface area (Å²) < 4.78 is 0. The first-order chi connectivity index (χ1) is 7.36. The molecule has 2 aromatic rings. The average Bonchev–Trinajstić information content (AvgIpc) is 2.29. The van der Waals surface area contributed by atoms with Crippen LogP contribution in [-0.4, -0.2) is 5.75 Å². The lowest BCUT2D eigenvalue weighted by Gasteiger charge is -2.23. The number of thioether (sulfide) groups is 1. The second-order valence-corrected chi connectivity index (χ2v) is 5.35. The van der Waals surface area contributed by atoms with Crippen LogP contribution >= 0.6 is 11.8 Å². The van der Waals surface area contributed by atoms with Crippen molar-refractivity contribution in [2.24, 2.45) is 0 Å². The molecule has 1 unspecified atom stereocenters. The number of hydrogen-bond donors (Lipinski definition) is 0. The Morgan fingerprint density at radius 3 is 2.93 bits per heavy atom. The maximum absolute atomic E-state index is 2.34. The molecule has 3 rings (SSSR count). The zero-order valence-electron chi connectivity index (χ0n) is 8.86. The van der Waals surface area contributed by atoms with E-state index < -0.39 is 0 Å². The standard InChI is InChI=1S/C14H14S/c1-10-8-9-15-14-12(10)7-6-11-4-2-3-5-13(11)14/h2-7,10H,8-9H2,1H3. The van der Waals surface area contributed by atoms with E-state index in [2.05, 4.69) is 43.3 Å². The van der Waals surface area contributed by atoms with Gasteiger partial charge in [0.05, 0.1) is 0 Å². The Kier molecular flexibility index (Phi) is 2.21. The zero-order chi connectivity index (χ0) is 10.3. The Morgan fingerprint density at radius 1 is 1.13 bits per heavy atom. The quantitative estimate of drug-likeness (QED) is 0.624. The molecule has 0 saturated carbocycles. The molecular weight excluding hydrogens is 200 g/mol. The van der Waals surface area contributed by atoms with Crippen LogP contribution in [0.5, 0.6) is 0 Å². The second-order valence-electron chi connectivity index (χ2n) is 4.24. The number of rotatable bonds is 0. The van der Waals surface area contributed by atoms with E-state index in [4.69, 9.17) is 0 Å². The molecule has 1 aliphatic rings. The molecule has 0 nitrogen and oxygen atoms in total. The number of hydrogen-bond acceptors (Lipinski definition) is 1. The smallest absolute Gasteiger partial charge is 0.0185 e. The Hall–Kier alpha value is -0.950. The van der Waals surface area contributed by atoms with Gasteiger partial charge in [-0.15, -0.1) is 11.8 Å². The van der Waals surface area contributed by atoms with Gasteiger partial charge in [0.15, 0.2) is 0 Å². The molecule has 1 heteroatoms. The maximum atomic E-state index is 2.34. The summed E-state index contributed by atoms with van der Waals surface area (Å²) in [6, 6.07) is 13.3. The fraction of sp³-hybridized carbons (Fsp3) is 0.286. The SMILES string of the molecule is CC1CCSc2c1ccc1ccccc21. The molecule has 2 aromatic carbocycles. The van der Waals surface area contributed by atoms with E-state index in [-0.39, 0.29) is 0 Å². The molecule has 0 amide bonds. The largest absolute Gasteiger partial charge is 0.125 e. The van der Waals surface area contributed by atoms with Gasteiger partial charge in [0.1, 0.15) is 0 Å². The highest BCUT2D eigenvalue weighted by Gasteiger charge is 2.18. The summed E-state index contributed by atoms with van der Waals surface area (Å²) in [7, 11) is 0. The van der Waals surface area contributed by atoms with E-state index >= 15 is 0 Å². The maximum Gasteiger partial charge on any atom is 0.0185 e. The van der Waals surface area contributed by atoms with Crippen molar-refractivity contribution < 1.29 is 0 Å². The predicted molar refractivity (Wildman–Crippen MR) is 67.7 cm³/mol. The Labute approximate surface area is 94.7 Å². The Bertz CT molecular complexity index is 502. The van der Waals surface area contributed by atoms with Gasteiger partial charge in [-0.25, -0.2) is 0 Å². The fourth-order valence-corrected chi connectivity index (χ4v) is 3.76. The van der Waals surface area contributed by atoms with Crippen molar-refractivity contribution >= 4 is 22.5 Å². The van der Waals surface area contributed by atoms with Gasteiger partial charge in [-0.1, -0.05) is 43.3 Å². The van der Waals surface area contributed by atoms with Crippen molar-refractivity contribution in [3.63, 3.8) is 0 Å². The molecule has 0 aliphatic carbocycles. The molecule has 15 heavy (non-hydrogen) atoms. The monoisotopic (exact) mass is 214 g/mol. The minimum Gasteiger partial charge on any atom is -0.125 e. The molecule has 0 fully saturated rings. The molecule has 0 bridgehead atoms. The molecule has 0 N–H and O–H groups in total. The highest BCUT2D eigenvalue weighted by molar-refractivity contribution is 7.99. The lowest BCUT2D eigenvalue weighted by Crippen LogP contribution is -2.03. The van der Waals surface area contributed by atoms with E-state index in [0.717, 1.165) is 5.92 Å². The van der Waals surface area contributed by atoms with Crippen LogP contribution < -0.4 is 0 Å². The summed E-state index contributed by atoms with van der Waals surface area (Å²) in [6.07, 6.45) is 1.32. The van der Waals surface area contributed by atoms with Crippen LogP contribution in [0.25, 0.3) is 10.8 Å². The molecule has 0 aromatic heterocycles. The van der Waals surface area contributed by atoms with E-state index in [1.165, 1.54) is 27.8 Å². The Morgan fingerprint density at radius 2 is 2.00 bits per heavy atom. The lowest BCUT2D eigenvalue weighted by atomic mass is 9.95. The normalized spacial score (nSPS) is 20.2. The summed E-state index contributed by atoms with van der Waals surface area (Å²) in [6.45, 7) is 2.34. The topological polar surface area (TPSA) is 0 Å². The molecule has 76 valence electrons. The third kappa shape index (κ3) is 1.46. The van der Waals surface area contributed by atoms with Crippen molar-refractivity contribution in [1.29, 1.82) is 0 Å². The van der Waals surface area contributed by atoms with Gasteiger partial charge in [0.2, 0.25) is 0 Å². The van der Waals surface area contributed by atoms with E-state index in [0.29, 0.717) is 0 Å². The first-order valence-corrected chi connectivity index (χ1v) is 6.49. The van der Waals surface area contributed by atoms with Gasteiger partial charge in [0, 0.05) is 4.90 Å². The molecule has 1 aliphatic heterocycles. The van der Waals surface area contributed by atoms with Crippen LogP contribution in [0.4, 0.5) is 0 Å². The van der Waals surface area contributed by atoms with Crippen LogP contribution in [0.3, 0.4) is 0 Å². The van der Waals surface area contributed by atoms with Gasteiger partial charge >= 0.3 is 0 Å². The van der Waals surface area contributed by atoms with Crippen molar-refractivity contribution in [2.75, 3.05) is 5.75 Å². The van der Waals surface area contributed by atoms with Crippen molar-refractivity contribution in [2.45, 2.75) is 24.2 Å². The van der Waals surface area contributed by atoms with E-state index in [9.17, 15) is 0 Å². The number of fused-ring (bicyclic) bond motifs is 3. The van der Waals surface area contributed by atoms with Crippen LogP contribution in [0.2, 0.25) is 0 Å². The van der Waals surface area contributed by atoms with Crippen molar-refractivity contribution in [3.05, 3.63) is 42.0 Å². The fourth-order valence-electron chi connectivity index (χ4n) is 2.30. The molecule has 0 spiro atoms. The summed E-state index contributed by atoms with van der Waals surface area (Å²) in [4.78, 5) is 1.52. The first kappa shape index (κ1) is 9.29. The summed E-state index contributed by atoms with van der Waals surface area (Å²) in [5, 5.41) is 2.81. The minimum atomic E-state index is 0.728. The summed E-state index contributed by atoms with van der Waals surface area (Å²) in [5.41, 5.74) is 1.55. The van der Waals surface area contributed by atoms with Crippen molar-refractivity contribution in [3.8, 4) is 0 Å². The summed E-state index contributed by atoms with van der Waals surface area (Å²) in [5.74, 6) is 1.99. The van der Waals surface area contributed by atoms with Crippen molar-refractivity contribution in [1.82, 2.24) is 0 Å². The minimum absolute atomic E-state index is 0.728. The van der Waals surface area contributed by atoms with E-state index in [1.54, 1.807) is 5.56 Å². The Balaban J connectivity index is 2.33.